The standard InChI is InChI=1S/C14H20N2O2S/c15-11-2-3-13-10(9-11)1-4-14(13)16-12-5-7-19(17,18)8-6-12/h2-3,9,12,14,16H,1,4-8,15H2. The molecule has 0 amide bonds. The number of hydrogen-bond donors (Lipinski definition) is 2. The van der Waals surface area contributed by atoms with Gasteiger partial charge in [0.1, 0.15) is 9.84 Å². The van der Waals surface area contributed by atoms with Crippen molar-refractivity contribution in [3.05, 3.63) is 29.3 Å². The summed E-state index contributed by atoms with van der Waals surface area (Å²) in [4.78, 5) is 0. The molecule has 4 nitrogen and oxygen atoms in total. The van der Waals surface area contributed by atoms with E-state index in [0.717, 1.165) is 31.4 Å². The average Bonchev–Trinajstić information content (AvgIpc) is 2.74. The molecular weight excluding hydrogens is 260 g/mol. The third-order valence-electron chi connectivity index (χ3n) is 4.24. The Labute approximate surface area is 114 Å². The first-order valence-electron chi connectivity index (χ1n) is 6.88. The third-order valence-corrected chi connectivity index (χ3v) is 5.95. The number of aryl methyl sites for hydroxylation is 1. The second-order valence-electron chi connectivity index (χ2n) is 5.64. The molecule has 5 heteroatoms. The van der Waals surface area contributed by atoms with Crippen molar-refractivity contribution in [3.8, 4) is 0 Å². The maximum absolute atomic E-state index is 11.4. The lowest BCUT2D eigenvalue weighted by atomic mass is 10.0. The van der Waals surface area contributed by atoms with Crippen LogP contribution in [0.25, 0.3) is 0 Å². The van der Waals surface area contributed by atoms with E-state index < -0.39 is 9.84 Å². The van der Waals surface area contributed by atoms with E-state index in [0.29, 0.717) is 23.6 Å². The second-order valence-corrected chi connectivity index (χ2v) is 7.95. The fourth-order valence-electron chi connectivity index (χ4n) is 3.15. The van der Waals surface area contributed by atoms with Crippen LogP contribution in [0, 0.1) is 0 Å². The van der Waals surface area contributed by atoms with Crippen molar-refractivity contribution in [2.75, 3.05) is 17.2 Å². The second kappa shape index (κ2) is 4.80. The molecule has 1 fully saturated rings. The summed E-state index contributed by atoms with van der Waals surface area (Å²) in [6, 6.07) is 6.81. The molecule has 2 aliphatic rings. The molecule has 104 valence electrons. The van der Waals surface area contributed by atoms with Crippen molar-refractivity contribution >= 4 is 15.5 Å². The van der Waals surface area contributed by atoms with Crippen LogP contribution in [0.5, 0.6) is 0 Å². The molecule has 1 atom stereocenters. The van der Waals surface area contributed by atoms with Crippen LogP contribution < -0.4 is 11.1 Å². The minimum absolute atomic E-state index is 0.325. The van der Waals surface area contributed by atoms with Gasteiger partial charge in [-0.25, -0.2) is 8.42 Å². The molecule has 3 rings (SSSR count). The van der Waals surface area contributed by atoms with Gasteiger partial charge < -0.3 is 11.1 Å². The number of rotatable bonds is 2. The first-order chi connectivity index (χ1) is 9.03. The first kappa shape index (κ1) is 12.9. The minimum Gasteiger partial charge on any atom is -0.399 e. The van der Waals surface area contributed by atoms with E-state index in [1.807, 2.05) is 6.07 Å². The van der Waals surface area contributed by atoms with Crippen LogP contribution in [-0.4, -0.2) is 26.0 Å². The van der Waals surface area contributed by atoms with E-state index in [9.17, 15) is 8.42 Å². The smallest absolute Gasteiger partial charge is 0.150 e. The van der Waals surface area contributed by atoms with Crippen molar-refractivity contribution in [2.24, 2.45) is 0 Å². The van der Waals surface area contributed by atoms with Crippen molar-refractivity contribution in [2.45, 2.75) is 37.8 Å². The van der Waals surface area contributed by atoms with Gasteiger partial charge in [-0.05, 0) is 48.9 Å². The Kier molecular flexibility index (Phi) is 3.27. The lowest BCUT2D eigenvalue weighted by molar-refractivity contribution is 0.403. The van der Waals surface area contributed by atoms with E-state index in [4.69, 9.17) is 5.73 Å². The van der Waals surface area contributed by atoms with Crippen LogP contribution in [0.3, 0.4) is 0 Å². The molecular formula is C14H20N2O2S. The molecule has 19 heavy (non-hydrogen) atoms. The summed E-state index contributed by atoms with van der Waals surface area (Å²) in [6.45, 7) is 0. The number of benzene rings is 1. The maximum atomic E-state index is 11.4. The fraction of sp³-hybridized carbons (Fsp3) is 0.571. The summed E-state index contributed by atoms with van der Waals surface area (Å²) in [5, 5.41) is 3.63. The summed E-state index contributed by atoms with van der Waals surface area (Å²) in [5.41, 5.74) is 9.30. The van der Waals surface area contributed by atoms with E-state index in [2.05, 4.69) is 17.4 Å². The number of sulfone groups is 1. The van der Waals surface area contributed by atoms with Crippen LogP contribution in [0.4, 0.5) is 5.69 Å². The number of anilines is 1. The Morgan fingerprint density at radius 3 is 2.63 bits per heavy atom. The zero-order valence-electron chi connectivity index (χ0n) is 10.9. The predicted molar refractivity (Wildman–Crippen MR) is 76.7 cm³/mol. The third kappa shape index (κ3) is 2.77. The molecule has 0 spiro atoms. The van der Waals surface area contributed by atoms with Crippen molar-refractivity contribution in [1.82, 2.24) is 5.32 Å². The van der Waals surface area contributed by atoms with E-state index in [1.54, 1.807) is 0 Å². The average molecular weight is 280 g/mol. The molecule has 1 unspecified atom stereocenters. The minimum atomic E-state index is -2.77. The van der Waals surface area contributed by atoms with E-state index in [-0.39, 0.29) is 0 Å². The lowest BCUT2D eigenvalue weighted by Gasteiger charge is -2.27. The van der Waals surface area contributed by atoms with Gasteiger partial charge in [0, 0.05) is 17.8 Å². The molecule has 0 radical (unpaired) electrons. The number of nitrogens with one attached hydrogen (secondary N) is 1. The highest BCUT2D eigenvalue weighted by Crippen LogP contribution is 2.33. The molecule has 0 aromatic heterocycles. The number of fused-ring (bicyclic) bond motifs is 1. The molecule has 0 saturated carbocycles. The Hall–Kier alpha value is -1.07. The Morgan fingerprint density at radius 2 is 1.89 bits per heavy atom. The Morgan fingerprint density at radius 1 is 1.16 bits per heavy atom. The van der Waals surface area contributed by atoms with Crippen molar-refractivity contribution in [1.29, 1.82) is 0 Å². The molecule has 1 aromatic carbocycles. The van der Waals surface area contributed by atoms with Crippen LogP contribution in [0.2, 0.25) is 0 Å². The zero-order valence-corrected chi connectivity index (χ0v) is 11.7. The summed E-state index contributed by atoms with van der Waals surface area (Å²) in [7, 11) is -2.77. The van der Waals surface area contributed by atoms with Gasteiger partial charge in [-0.2, -0.15) is 0 Å². The molecule has 1 heterocycles. The van der Waals surface area contributed by atoms with Gasteiger partial charge in [-0.15, -0.1) is 0 Å². The van der Waals surface area contributed by atoms with Gasteiger partial charge in [0.15, 0.2) is 0 Å². The summed E-state index contributed by atoms with van der Waals surface area (Å²) in [5.74, 6) is 0.651. The van der Waals surface area contributed by atoms with Crippen molar-refractivity contribution in [3.63, 3.8) is 0 Å². The Bertz CT molecular complexity index is 569. The predicted octanol–water partition coefficient (Wildman–Crippen LogP) is 1.42. The molecule has 1 aliphatic heterocycles. The molecule has 1 aromatic rings. The summed E-state index contributed by atoms with van der Waals surface area (Å²) in [6.07, 6.45) is 3.62. The van der Waals surface area contributed by atoms with Gasteiger partial charge in [0.05, 0.1) is 11.5 Å². The highest BCUT2D eigenvalue weighted by atomic mass is 32.2. The quantitative estimate of drug-likeness (QED) is 0.804. The van der Waals surface area contributed by atoms with Gasteiger partial charge in [0.25, 0.3) is 0 Å². The molecule has 1 saturated heterocycles. The topological polar surface area (TPSA) is 72.2 Å². The summed E-state index contributed by atoms with van der Waals surface area (Å²) >= 11 is 0. The highest BCUT2D eigenvalue weighted by molar-refractivity contribution is 7.91. The van der Waals surface area contributed by atoms with E-state index in [1.165, 1.54) is 11.1 Å². The van der Waals surface area contributed by atoms with Crippen LogP contribution >= 0.6 is 0 Å². The molecule has 3 N–H and O–H groups in total. The van der Waals surface area contributed by atoms with Crippen LogP contribution in [0.15, 0.2) is 18.2 Å². The van der Waals surface area contributed by atoms with Gasteiger partial charge in [-0.1, -0.05) is 6.07 Å². The van der Waals surface area contributed by atoms with E-state index >= 15 is 0 Å². The monoisotopic (exact) mass is 280 g/mol. The van der Waals surface area contributed by atoms with Gasteiger partial charge in [0.2, 0.25) is 0 Å². The molecule has 0 bridgehead atoms. The van der Waals surface area contributed by atoms with Crippen LogP contribution in [-0.2, 0) is 16.3 Å². The SMILES string of the molecule is Nc1ccc2c(c1)CCC2NC1CCS(=O)(=O)CC1. The lowest BCUT2D eigenvalue weighted by Crippen LogP contribution is -2.39. The fourth-order valence-corrected chi connectivity index (χ4v) is 4.64. The number of hydrogen-bond acceptors (Lipinski definition) is 4. The van der Waals surface area contributed by atoms with Crippen molar-refractivity contribution < 1.29 is 8.42 Å². The van der Waals surface area contributed by atoms with Gasteiger partial charge in [-0.3, -0.25) is 0 Å². The first-order valence-corrected chi connectivity index (χ1v) is 8.70. The maximum Gasteiger partial charge on any atom is 0.150 e. The number of nitrogens with two attached hydrogens (primary N) is 1. The highest BCUT2D eigenvalue weighted by Gasteiger charge is 2.28. The Balaban J connectivity index is 1.67. The zero-order chi connectivity index (χ0) is 13.5. The largest absolute Gasteiger partial charge is 0.399 e. The van der Waals surface area contributed by atoms with Gasteiger partial charge >= 0.3 is 0 Å². The molecule has 1 aliphatic carbocycles. The normalized spacial score (nSPS) is 26.2. The van der Waals surface area contributed by atoms with Crippen LogP contribution in [0.1, 0.15) is 36.4 Å². The number of nitrogen functional groups attached to an aromatic ring is 1. The summed E-state index contributed by atoms with van der Waals surface area (Å²) < 4.78 is 22.9.